The summed E-state index contributed by atoms with van der Waals surface area (Å²) in [5.41, 5.74) is 6.55. The van der Waals surface area contributed by atoms with Gasteiger partial charge < -0.3 is 15.8 Å². The number of hydrogen-bond donors (Lipinski definition) is 2. The van der Waals surface area contributed by atoms with Gasteiger partial charge in [0.2, 0.25) is 11.8 Å². The molecule has 5 nitrogen and oxygen atoms in total. The highest BCUT2D eigenvalue weighted by molar-refractivity contribution is 6.05. The van der Waals surface area contributed by atoms with Gasteiger partial charge in [0.1, 0.15) is 6.61 Å². The first-order valence-electron chi connectivity index (χ1n) is 6.75. The summed E-state index contributed by atoms with van der Waals surface area (Å²) in [5.74, 6) is -0.0478. The normalized spacial score (nSPS) is 10.7. The molecule has 2 rings (SSSR count). The number of benzene rings is 1. The minimum absolute atomic E-state index is 0.427. The van der Waals surface area contributed by atoms with Crippen molar-refractivity contribution < 1.29 is 9.53 Å². The van der Waals surface area contributed by atoms with Gasteiger partial charge in [-0.2, -0.15) is 0 Å². The van der Waals surface area contributed by atoms with Gasteiger partial charge in [-0.1, -0.05) is 25.1 Å². The lowest BCUT2D eigenvalue weighted by Gasteiger charge is -2.09. The van der Waals surface area contributed by atoms with Crippen molar-refractivity contribution in [2.24, 2.45) is 5.73 Å². The van der Waals surface area contributed by atoms with Crippen LogP contribution in [0.3, 0.4) is 0 Å². The molecule has 0 bridgehead atoms. The van der Waals surface area contributed by atoms with E-state index in [2.05, 4.69) is 17.2 Å². The molecule has 0 atom stereocenters. The van der Waals surface area contributed by atoms with E-state index in [-0.39, 0.29) is 0 Å². The molecule has 106 valence electrons. The van der Waals surface area contributed by atoms with Crippen molar-refractivity contribution in [3.8, 4) is 5.88 Å². The third-order valence-electron chi connectivity index (χ3n) is 2.91. The van der Waals surface area contributed by atoms with E-state index in [1.807, 2.05) is 24.3 Å². The van der Waals surface area contributed by atoms with Crippen LogP contribution in [0.2, 0.25) is 0 Å². The lowest BCUT2D eigenvalue weighted by molar-refractivity contribution is 0.100. The molecule has 0 fully saturated rings. The molecule has 0 spiro atoms. The van der Waals surface area contributed by atoms with Crippen LogP contribution in [-0.2, 0) is 0 Å². The monoisotopic (exact) mass is 273 g/mol. The fourth-order valence-electron chi connectivity index (χ4n) is 1.96. The SMILES string of the molecule is CCCNCCOc1cc(C(N)=O)c2ccccc2n1. The first-order chi connectivity index (χ1) is 9.72. The number of carbonyl (C=O) groups is 1. The third-order valence-corrected chi connectivity index (χ3v) is 2.91. The van der Waals surface area contributed by atoms with Crippen LogP contribution in [0.25, 0.3) is 10.9 Å². The first kappa shape index (κ1) is 14.3. The van der Waals surface area contributed by atoms with Crippen LogP contribution in [0, 0.1) is 0 Å². The Balaban J connectivity index is 2.15. The van der Waals surface area contributed by atoms with Crippen molar-refractivity contribution in [3.05, 3.63) is 35.9 Å². The van der Waals surface area contributed by atoms with Crippen LogP contribution in [0.15, 0.2) is 30.3 Å². The highest BCUT2D eigenvalue weighted by Gasteiger charge is 2.10. The van der Waals surface area contributed by atoms with Crippen LogP contribution in [0.1, 0.15) is 23.7 Å². The Labute approximate surface area is 118 Å². The molecular weight excluding hydrogens is 254 g/mol. The number of carbonyl (C=O) groups excluding carboxylic acids is 1. The topological polar surface area (TPSA) is 77.2 Å². The van der Waals surface area contributed by atoms with Crippen molar-refractivity contribution in [2.45, 2.75) is 13.3 Å². The number of ether oxygens (including phenoxy) is 1. The van der Waals surface area contributed by atoms with Crippen LogP contribution in [0.4, 0.5) is 0 Å². The number of nitrogens with two attached hydrogens (primary N) is 1. The van der Waals surface area contributed by atoms with Crippen LogP contribution >= 0.6 is 0 Å². The third kappa shape index (κ3) is 3.45. The van der Waals surface area contributed by atoms with Gasteiger partial charge in [-0.15, -0.1) is 0 Å². The Morgan fingerprint density at radius 2 is 2.15 bits per heavy atom. The largest absolute Gasteiger partial charge is 0.476 e. The lowest BCUT2D eigenvalue weighted by atomic mass is 10.1. The van der Waals surface area contributed by atoms with E-state index < -0.39 is 5.91 Å². The van der Waals surface area contributed by atoms with Crippen LogP contribution < -0.4 is 15.8 Å². The summed E-state index contributed by atoms with van der Waals surface area (Å²) in [7, 11) is 0. The number of amides is 1. The number of fused-ring (bicyclic) bond motifs is 1. The van der Waals surface area contributed by atoms with Crippen LogP contribution in [-0.4, -0.2) is 30.6 Å². The van der Waals surface area contributed by atoms with Gasteiger partial charge in [-0.3, -0.25) is 4.79 Å². The molecule has 0 saturated carbocycles. The molecule has 2 aromatic rings. The second kappa shape index (κ2) is 6.86. The molecule has 0 aliphatic heterocycles. The van der Waals surface area contributed by atoms with E-state index in [1.165, 1.54) is 0 Å². The molecule has 0 aliphatic rings. The zero-order chi connectivity index (χ0) is 14.4. The number of para-hydroxylation sites is 1. The zero-order valence-electron chi connectivity index (χ0n) is 11.6. The van der Waals surface area contributed by atoms with Gasteiger partial charge in [0, 0.05) is 18.0 Å². The summed E-state index contributed by atoms with van der Waals surface area (Å²) >= 11 is 0. The molecule has 0 unspecified atom stereocenters. The number of nitrogens with one attached hydrogen (secondary N) is 1. The Morgan fingerprint density at radius 1 is 1.35 bits per heavy atom. The number of primary amides is 1. The smallest absolute Gasteiger partial charge is 0.249 e. The summed E-state index contributed by atoms with van der Waals surface area (Å²) in [6.07, 6.45) is 1.08. The average molecular weight is 273 g/mol. The lowest BCUT2D eigenvalue weighted by Crippen LogP contribution is -2.22. The minimum Gasteiger partial charge on any atom is -0.476 e. The second-order valence-electron chi connectivity index (χ2n) is 4.49. The number of pyridine rings is 1. The molecule has 1 aromatic carbocycles. The molecule has 1 heterocycles. The number of aromatic nitrogens is 1. The zero-order valence-corrected chi connectivity index (χ0v) is 11.6. The van der Waals surface area contributed by atoms with Gasteiger partial charge in [0.05, 0.1) is 11.1 Å². The molecular formula is C15H19N3O2. The molecule has 1 amide bonds. The van der Waals surface area contributed by atoms with E-state index in [1.54, 1.807) is 6.07 Å². The predicted octanol–water partition coefficient (Wildman–Crippen LogP) is 1.71. The van der Waals surface area contributed by atoms with Crippen molar-refractivity contribution >= 4 is 16.8 Å². The number of hydrogen-bond acceptors (Lipinski definition) is 4. The standard InChI is InChI=1S/C15H19N3O2/c1-2-7-17-8-9-20-14-10-12(15(16)19)11-5-3-4-6-13(11)18-14/h3-6,10,17H,2,7-9H2,1H3,(H2,16,19). The fourth-order valence-corrected chi connectivity index (χ4v) is 1.96. The maximum absolute atomic E-state index is 11.5. The van der Waals surface area contributed by atoms with E-state index in [9.17, 15) is 4.79 Å². The molecule has 0 radical (unpaired) electrons. The van der Waals surface area contributed by atoms with E-state index in [0.29, 0.717) is 23.6 Å². The first-order valence-corrected chi connectivity index (χ1v) is 6.75. The highest BCUT2D eigenvalue weighted by Crippen LogP contribution is 2.21. The van der Waals surface area contributed by atoms with Crippen LogP contribution in [0.5, 0.6) is 5.88 Å². The summed E-state index contributed by atoms with van der Waals surface area (Å²) in [6.45, 7) is 4.32. The molecule has 0 saturated heterocycles. The van der Waals surface area contributed by atoms with E-state index in [4.69, 9.17) is 10.5 Å². The van der Waals surface area contributed by atoms with E-state index in [0.717, 1.165) is 24.9 Å². The summed E-state index contributed by atoms with van der Waals surface area (Å²) in [6, 6.07) is 8.99. The maximum Gasteiger partial charge on any atom is 0.249 e. The summed E-state index contributed by atoms with van der Waals surface area (Å²) in [5, 5.41) is 3.98. The van der Waals surface area contributed by atoms with E-state index >= 15 is 0 Å². The van der Waals surface area contributed by atoms with Gasteiger partial charge in [0.25, 0.3) is 0 Å². The highest BCUT2D eigenvalue weighted by atomic mass is 16.5. The second-order valence-corrected chi connectivity index (χ2v) is 4.49. The minimum atomic E-state index is -0.474. The molecule has 3 N–H and O–H groups in total. The Morgan fingerprint density at radius 3 is 2.90 bits per heavy atom. The average Bonchev–Trinajstić information content (AvgIpc) is 2.46. The van der Waals surface area contributed by atoms with Crippen molar-refractivity contribution in [2.75, 3.05) is 19.7 Å². The van der Waals surface area contributed by atoms with Crippen molar-refractivity contribution in [3.63, 3.8) is 0 Å². The van der Waals surface area contributed by atoms with Crippen molar-refractivity contribution in [1.29, 1.82) is 0 Å². The Bertz CT molecular complexity index is 599. The number of nitrogens with zero attached hydrogens (tertiary/aromatic N) is 1. The molecule has 1 aromatic heterocycles. The molecule has 5 heteroatoms. The fraction of sp³-hybridized carbons (Fsp3) is 0.333. The summed E-state index contributed by atoms with van der Waals surface area (Å²) in [4.78, 5) is 15.9. The Kier molecular flexibility index (Phi) is 4.90. The maximum atomic E-state index is 11.5. The van der Waals surface area contributed by atoms with Gasteiger partial charge in [-0.05, 0) is 19.0 Å². The van der Waals surface area contributed by atoms with Gasteiger partial charge >= 0.3 is 0 Å². The molecule has 20 heavy (non-hydrogen) atoms. The predicted molar refractivity (Wildman–Crippen MR) is 78.9 cm³/mol. The Hall–Kier alpha value is -2.14. The number of rotatable bonds is 7. The summed E-state index contributed by atoms with van der Waals surface area (Å²) < 4.78 is 5.57. The van der Waals surface area contributed by atoms with Gasteiger partial charge in [-0.25, -0.2) is 4.98 Å². The van der Waals surface area contributed by atoms with Crippen molar-refractivity contribution in [1.82, 2.24) is 10.3 Å². The quantitative estimate of drug-likeness (QED) is 0.753. The molecule has 0 aliphatic carbocycles. The van der Waals surface area contributed by atoms with Gasteiger partial charge in [0.15, 0.2) is 0 Å².